The first-order valence-corrected chi connectivity index (χ1v) is 14.0. The van der Waals surface area contributed by atoms with Gasteiger partial charge in [-0.2, -0.15) is 0 Å². The summed E-state index contributed by atoms with van der Waals surface area (Å²) < 4.78 is 11.7. The van der Waals surface area contributed by atoms with Crippen LogP contribution in [0.1, 0.15) is 64.3 Å². The standard InChI is InChI=1S/C34H40N2O5/c1-9-40-28-19-12-23(20-27(28)34(4,5)6)31(37)29-30(22-10-17-26(18-11-22)41-21(2)3)36(33(39)32(29)38)25-15-13-24(14-16-25)35(7)8/h10-21,30,37H,9H2,1-8H3/b31-29-. The number of rotatable bonds is 8. The number of ketones is 1. The number of aliphatic hydroxyl groups excluding tert-OH is 1. The van der Waals surface area contributed by atoms with E-state index in [9.17, 15) is 14.7 Å². The highest BCUT2D eigenvalue weighted by Gasteiger charge is 2.47. The van der Waals surface area contributed by atoms with Crippen molar-refractivity contribution in [3.8, 4) is 11.5 Å². The third-order valence-corrected chi connectivity index (χ3v) is 7.02. The fraction of sp³-hybridized carbons (Fsp3) is 0.353. The molecule has 0 saturated carbocycles. The molecule has 1 heterocycles. The number of carbonyl (C=O) groups excluding carboxylic acids is 2. The molecular formula is C34H40N2O5. The van der Waals surface area contributed by atoms with Gasteiger partial charge in [0.2, 0.25) is 0 Å². The van der Waals surface area contributed by atoms with Gasteiger partial charge in [0.05, 0.1) is 24.3 Å². The highest BCUT2D eigenvalue weighted by molar-refractivity contribution is 6.51. The van der Waals surface area contributed by atoms with Gasteiger partial charge in [0.1, 0.15) is 17.3 Å². The monoisotopic (exact) mass is 556 g/mol. The van der Waals surface area contributed by atoms with Crippen molar-refractivity contribution < 1.29 is 24.2 Å². The van der Waals surface area contributed by atoms with Crippen molar-refractivity contribution in [3.63, 3.8) is 0 Å². The lowest BCUT2D eigenvalue weighted by Gasteiger charge is -2.27. The topological polar surface area (TPSA) is 79.3 Å². The van der Waals surface area contributed by atoms with Gasteiger partial charge in [-0.15, -0.1) is 0 Å². The predicted octanol–water partition coefficient (Wildman–Crippen LogP) is 6.86. The van der Waals surface area contributed by atoms with E-state index < -0.39 is 17.7 Å². The molecule has 1 unspecified atom stereocenters. The second-order valence-corrected chi connectivity index (χ2v) is 11.7. The first-order valence-electron chi connectivity index (χ1n) is 14.0. The van der Waals surface area contributed by atoms with E-state index in [0.717, 1.165) is 17.0 Å². The SMILES string of the molecule is CCOc1ccc(/C(O)=C2/C(=O)C(=O)N(c3ccc(N(C)C)cc3)C2c2ccc(OC(C)C)cc2)cc1C(C)(C)C. The average molecular weight is 557 g/mol. The summed E-state index contributed by atoms with van der Waals surface area (Å²) in [6, 6.07) is 19.3. The van der Waals surface area contributed by atoms with Crippen LogP contribution in [0.5, 0.6) is 11.5 Å². The summed E-state index contributed by atoms with van der Waals surface area (Å²) in [5.41, 5.74) is 3.29. The van der Waals surface area contributed by atoms with Crippen LogP contribution in [-0.2, 0) is 15.0 Å². The van der Waals surface area contributed by atoms with Crippen LogP contribution in [0.2, 0.25) is 0 Å². The molecule has 1 N–H and O–H groups in total. The Morgan fingerprint density at radius 2 is 1.61 bits per heavy atom. The molecule has 0 spiro atoms. The molecular weight excluding hydrogens is 516 g/mol. The molecule has 216 valence electrons. The normalized spacial score (nSPS) is 16.8. The van der Waals surface area contributed by atoms with Crippen molar-refractivity contribution in [1.29, 1.82) is 0 Å². The van der Waals surface area contributed by atoms with Crippen molar-refractivity contribution >= 4 is 28.8 Å². The summed E-state index contributed by atoms with van der Waals surface area (Å²) in [6.45, 7) is 12.5. The molecule has 0 radical (unpaired) electrons. The van der Waals surface area contributed by atoms with Crippen LogP contribution < -0.4 is 19.3 Å². The number of carbonyl (C=O) groups is 2. The number of anilines is 2. The molecule has 0 aliphatic carbocycles. The second-order valence-electron chi connectivity index (χ2n) is 11.7. The van der Waals surface area contributed by atoms with E-state index in [2.05, 4.69) is 20.8 Å². The molecule has 0 aromatic heterocycles. The van der Waals surface area contributed by atoms with Gasteiger partial charge < -0.3 is 19.5 Å². The molecule has 1 fully saturated rings. The quantitative estimate of drug-likeness (QED) is 0.185. The van der Waals surface area contributed by atoms with Crippen LogP contribution in [0, 0.1) is 0 Å². The lowest BCUT2D eigenvalue weighted by atomic mass is 9.84. The van der Waals surface area contributed by atoms with Gasteiger partial charge in [0, 0.05) is 36.6 Å². The fourth-order valence-electron chi connectivity index (χ4n) is 5.03. The van der Waals surface area contributed by atoms with Crippen LogP contribution in [0.3, 0.4) is 0 Å². The number of nitrogens with zero attached hydrogens (tertiary/aromatic N) is 2. The summed E-state index contributed by atoms with van der Waals surface area (Å²) >= 11 is 0. The van der Waals surface area contributed by atoms with E-state index in [1.54, 1.807) is 6.07 Å². The number of Topliss-reactive ketones (excluding diaryl/α,β-unsaturated/α-hetero) is 1. The maximum atomic E-state index is 13.7. The van der Waals surface area contributed by atoms with Crippen LogP contribution in [-0.4, -0.2) is 43.6 Å². The maximum Gasteiger partial charge on any atom is 0.300 e. The zero-order chi connectivity index (χ0) is 30.1. The van der Waals surface area contributed by atoms with Gasteiger partial charge in [0.15, 0.2) is 0 Å². The predicted molar refractivity (Wildman–Crippen MR) is 164 cm³/mol. The molecule has 3 aromatic carbocycles. The molecule has 1 amide bonds. The number of hydrogen-bond donors (Lipinski definition) is 1. The lowest BCUT2D eigenvalue weighted by Crippen LogP contribution is -2.29. The fourth-order valence-corrected chi connectivity index (χ4v) is 5.03. The van der Waals surface area contributed by atoms with E-state index in [0.29, 0.717) is 29.2 Å². The highest BCUT2D eigenvalue weighted by Crippen LogP contribution is 2.43. The number of ether oxygens (including phenoxy) is 2. The van der Waals surface area contributed by atoms with Gasteiger partial charge in [-0.25, -0.2) is 0 Å². The van der Waals surface area contributed by atoms with E-state index in [1.165, 1.54) is 4.90 Å². The molecule has 1 saturated heterocycles. The van der Waals surface area contributed by atoms with Crippen molar-refractivity contribution in [2.24, 2.45) is 0 Å². The third-order valence-electron chi connectivity index (χ3n) is 7.02. The van der Waals surface area contributed by atoms with Crippen molar-refractivity contribution in [2.45, 2.75) is 59.1 Å². The minimum Gasteiger partial charge on any atom is -0.507 e. The molecule has 3 aromatic rings. The van der Waals surface area contributed by atoms with Gasteiger partial charge >= 0.3 is 0 Å². The molecule has 0 bridgehead atoms. The Hall–Kier alpha value is -4.26. The van der Waals surface area contributed by atoms with Crippen molar-refractivity contribution in [1.82, 2.24) is 0 Å². The van der Waals surface area contributed by atoms with E-state index in [4.69, 9.17) is 9.47 Å². The van der Waals surface area contributed by atoms with Crippen molar-refractivity contribution in [2.75, 3.05) is 30.5 Å². The summed E-state index contributed by atoms with van der Waals surface area (Å²) in [5.74, 6) is -0.263. The minimum atomic E-state index is -0.835. The van der Waals surface area contributed by atoms with Gasteiger partial charge in [-0.05, 0) is 86.3 Å². The van der Waals surface area contributed by atoms with Crippen molar-refractivity contribution in [3.05, 3.63) is 89.0 Å². The Kier molecular flexibility index (Phi) is 8.47. The first kappa shape index (κ1) is 29.7. The maximum absolute atomic E-state index is 13.7. The average Bonchev–Trinajstić information content (AvgIpc) is 3.18. The highest BCUT2D eigenvalue weighted by atomic mass is 16.5. The lowest BCUT2D eigenvalue weighted by molar-refractivity contribution is -0.132. The Bertz CT molecular complexity index is 1450. The molecule has 4 rings (SSSR count). The van der Waals surface area contributed by atoms with Gasteiger partial charge in [-0.1, -0.05) is 32.9 Å². The zero-order valence-electron chi connectivity index (χ0n) is 25.2. The van der Waals surface area contributed by atoms with E-state index >= 15 is 0 Å². The second kappa shape index (κ2) is 11.7. The van der Waals surface area contributed by atoms with Gasteiger partial charge in [0.25, 0.3) is 11.7 Å². The zero-order valence-corrected chi connectivity index (χ0v) is 25.2. The number of hydrogen-bond acceptors (Lipinski definition) is 6. The van der Waals surface area contributed by atoms with E-state index in [1.807, 2.05) is 100 Å². The van der Waals surface area contributed by atoms with Crippen LogP contribution in [0.25, 0.3) is 5.76 Å². The van der Waals surface area contributed by atoms with Gasteiger partial charge in [-0.3, -0.25) is 14.5 Å². The largest absolute Gasteiger partial charge is 0.507 e. The molecule has 1 aliphatic rings. The van der Waals surface area contributed by atoms with Crippen LogP contribution >= 0.6 is 0 Å². The van der Waals surface area contributed by atoms with E-state index in [-0.39, 0.29) is 22.9 Å². The third kappa shape index (κ3) is 6.09. The molecule has 1 aliphatic heterocycles. The number of benzene rings is 3. The summed E-state index contributed by atoms with van der Waals surface area (Å²) in [7, 11) is 3.87. The molecule has 7 nitrogen and oxygen atoms in total. The molecule has 41 heavy (non-hydrogen) atoms. The molecule has 1 atom stereocenters. The Morgan fingerprint density at radius 3 is 2.15 bits per heavy atom. The summed E-state index contributed by atoms with van der Waals surface area (Å²) in [5, 5.41) is 11.7. The Labute approximate surface area is 243 Å². The first-order chi connectivity index (χ1) is 19.3. The minimum absolute atomic E-state index is 0.00151. The van der Waals surface area contributed by atoms with Crippen LogP contribution in [0.4, 0.5) is 11.4 Å². The number of aliphatic hydroxyl groups is 1. The summed E-state index contributed by atoms with van der Waals surface area (Å²) in [6.07, 6.45) is -0.00151. The Morgan fingerprint density at radius 1 is 0.976 bits per heavy atom. The van der Waals surface area contributed by atoms with Crippen LogP contribution in [0.15, 0.2) is 72.3 Å². The smallest absolute Gasteiger partial charge is 0.300 e. The number of amides is 1. The molecule has 7 heteroatoms. The Balaban J connectivity index is 1.91. The summed E-state index contributed by atoms with van der Waals surface area (Å²) in [4.78, 5) is 30.7.